The Morgan fingerprint density at radius 3 is 2.69 bits per heavy atom. The van der Waals surface area contributed by atoms with Crippen LogP contribution >= 0.6 is 11.6 Å². The van der Waals surface area contributed by atoms with Gasteiger partial charge in [0, 0.05) is 36.2 Å². The summed E-state index contributed by atoms with van der Waals surface area (Å²) in [5, 5.41) is 0. The molecule has 0 aliphatic carbocycles. The summed E-state index contributed by atoms with van der Waals surface area (Å²) in [6, 6.07) is 2.14. The number of anilines is 1. The zero-order valence-electron chi connectivity index (χ0n) is 10.5. The Morgan fingerprint density at radius 2 is 2.12 bits per heavy atom. The average molecular weight is 241 g/mol. The van der Waals surface area contributed by atoms with Gasteiger partial charge in [-0.3, -0.25) is 4.98 Å². The second-order valence-corrected chi connectivity index (χ2v) is 4.29. The van der Waals surface area contributed by atoms with Crippen LogP contribution in [0.4, 0.5) is 5.69 Å². The number of aryl methyl sites for hydroxylation is 1. The Hall–Kier alpha value is -0.760. The lowest BCUT2D eigenvalue weighted by molar-refractivity contribution is 0.729. The molecule has 0 aromatic carbocycles. The average Bonchev–Trinajstić information content (AvgIpc) is 2.30. The molecule has 0 spiro atoms. The second-order valence-electron chi connectivity index (χ2n) is 4.02. The summed E-state index contributed by atoms with van der Waals surface area (Å²) in [7, 11) is 0. The number of nitrogens with zero attached hydrogens (tertiary/aromatic N) is 2. The van der Waals surface area contributed by atoms with Gasteiger partial charge in [-0.05, 0) is 26.3 Å². The molecule has 3 heteroatoms. The van der Waals surface area contributed by atoms with E-state index in [1.54, 1.807) is 0 Å². The number of alkyl halides is 1. The molecule has 16 heavy (non-hydrogen) atoms. The second kappa shape index (κ2) is 6.74. The van der Waals surface area contributed by atoms with E-state index >= 15 is 0 Å². The zero-order valence-corrected chi connectivity index (χ0v) is 11.2. The van der Waals surface area contributed by atoms with Crippen LogP contribution in [0.5, 0.6) is 0 Å². The normalized spacial score (nSPS) is 10.5. The molecule has 0 bridgehead atoms. The van der Waals surface area contributed by atoms with Gasteiger partial charge in [-0.15, -0.1) is 11.6 Å². The first-order chi connectivity index (χ1) is 7.72. The molecule has 1 aromatic rings. The third-order valence-corrected chi connectivity index (χ3v) is 3.03. The summed E-state index contributed by atoms with van der Waals surface area (Å²) in [6.45, 7) is 8.54. The van der Waals surface area contributed by atoms with E-state index < -0.39 is 0 Å². The van der Waals surface area contributed by atoms with Crippen molar-refractivity contribution in [1.82, 2.24) is 4.98 Å². The molecule has 0 saturated carbocycles. The van der Waals surface area contributed by atoms with E-state index in [2.05, 4.69) is 29.8 Å². The minimum Gasteiger partial charge on any atom is -0.371 e. The number of rotatable bonds is 6. The van der Waals surface area contributed by atoms with Gasteiger partial charge in [-0.25, -0.2) is 0 Å². The SMILES string of the molecule is CCCCN(CC)c1cc(C)ncc1CCl. The van der Waals surface area contributed by atoms with Gasteiger partial charge < -0.3 is 4.90 Å². The molecule has 0 fully saturated rings. The Morgan fingerprint density at radius 1 is 1.38 bits per heavy atom. The van der Waals surface area contributed by atoms with Gasteiger partial charge in [0.1, 0.15) is 0 Å². The van der Waals surface area contributed by atoms with Crippen molar-refractivity contribution in [3.05, 3.63) is 23.5 Å². The predicted molar refractivity (Wildman–Crippen MR) is 71.3 cm³/mol. The van der Waals surface area contributed by atoms with E-state index in [0.29, 0.717) is 5.88 Å². The van der Waals surface area contributed by atoms with Crippen molar-refractivity contribution in [3.8, 4) is 0 Å². The van der Waals surface area contributed by atoms with Crippen LogP contribution in [-0.4, -0.2) is 18.1 Å². The van der Waals surface area contributed by atoms with Gasteiger partial charge in [0.05, 0.1) is 5.88 Å². The fraction of sp³-hybridized carbons (Fsp3) is 0.615. The summed E-state index contributed by atoms with van der Waals surface area (Å²) in [6.07, 6.45) is 4.33. The molecular formula is C13H21ClN2. The predicted octanol–water partition coefficient (Wildman–Crippen LogP) is 3.76. The van der Waals surface area contributed by atoms with Gasteiger partial charge in [-0.1, -0.05) is 13.3 Å². The van der Waals surface area contributed by atoms with Gasteiger partial charge in [0.15, 0.2) is 0 Å². The molecule has 0 saturated heterocycles. The Labute approximate surface area is 104 Å². The topological polar surface area (TPSA) is 16.1 Å². The van der Waals surface area contributed by atoms with Crippen LogP contribution in [0.25, 0.3) is 0 Å². The monoisotopic (exact) mass is 240 g/mol. The molecule has 0 atom stereocenters. The molecule has 1 rings (SSSR count). The first-order valence-corrected chi connectivity index (χ1v) is 6.52. The number of pyridine rings is 1. The fourth-order valence-electron chi connectivity index (χ4n) is 1.77. The Balaban J connectivity index is 2.92. The highest BCUT2D eigenvalue weighted by Gasteiger charge is 2.09. The van der Waals surface area contributed by atoms with Crippen molar-refractivity contribution in [2.24, 2.45) is 0 Å². The maximum atomic E-state index is 5.95. The third-order valence-electron chi connectivity index (χ3n) is 2.75. The number of halogens is 1. The standard InChI is InChI=1S/C13H21ClN2/c1-4-6-7-16(5-2)13-8-11(3)15-10-12(13)9-14/h8,10H,4-7,9H2,1-3H3. The number of aromatic nitrogens is 1. The first-order valence-electron chi connectivity index (χ1n) is 5.99. The van der Waals surface area contributed by atoms with Crippen LogP contribution in [-0.2, 0) is 5.88 Å². The maximum absolute atomic E-state index is 5.95. The smallest absolute Gasteiger partial charge is 0.0509 e. The van der Waals surface area contributed by atoms with Crippen LogP contribution in [0.1, 0.15) is 37.9 Å². The number of unbranched alkanes of at least 4 members (excludes halogenated alkanes) is 1. The molecular weight excluding hydrogens is 220 g/mol. The van der Waals surface area contributed by atoms with E-state index in [0.717, 1.165) is 24.3 Å². The molecule has 0 radical (unpaired) electrons. The fourth-order valence-corrected chi connectivity index (χ4v) is 1.97. The number of hydrogen-bond acceptors (Lipinski definition) is 2. The van der Waals surface area contributed by atoms with E-state index in [4.69, 9.17) is 11.6 Å². The molecule has 1 heterocycles. The lowest BCUT2D eigenvalue weighted by Gasteiger charge is -2.25. The Bertz CT molecular complexity index is 326. The molecule has 2 nitrogen and oxygen atoms in total. The zero-order chi connectivity index (χ0) is 12.0. The highest BCUT2D eigenvalue weighted by atomic mass is 35.5. The summed E-state index contributed by atoms with van der Waals surface area (Å²) in [4.78, 5) is 6.68. The first kappa shape index (κ1) is 13.3. The van der Waals surface area contributed by atoms with Crippen molar-refractivity contribution in [2.75, 3.05) is 18.0 Å². The molecule has 1 aromatic heterocycles. The van der Waals surface area contributed by atoms with Crippen molar-refractivity contribution in [2.45, 2.75) is 39.5 Å². The van der Waals surface area contributed by atoms with Crippen LogP contribution in [0.3, 0.4) is 0 Å². The van der Waals surface area contributed by atoms with Gasteiger partial charge in [-0.2, -0.15) is 0 Å². The highest BCUT2D eigenvalue weighted by Crippen LogP contribution is 2.22. The summed E-state index contributed by atoms with van der Waals surface area (Å²) in [5.41, 5.74) is 3.43. The lowest BCUT2D eigenvalue weighted by Crippen LogP contribution is -2.25. The van der Waals surface area contributed by atoms with Gasteiger partial charge >= 0.3 is 0 Å². The number of hydrogen-bond donors (Lipinski definition) is 0. The molecule has 0 aliphatic heterocycles. The third kappa shape index (κ3) is 3.38. The summed E-state index contributed by atoms with van der Waals surface area (Å²) < 4.78 is 0. The molecule has 90 valence electrons. The quantitative estimate of drug-likeness (QED) is 0.704. The van der Waals surface area contributed by atoms with Crippen molar-refractivity contribution in [3.63, 3.8) is 0 Å². The van der Waals surface area contributed by atoms with Gasteiger partial charge in [0.2, 0.25) is 0 Å². The van der Waals surface area contributed by atoms with E-state index in [9.17, 15) is 0 Å². The Kier molecular flexibility index (Phi) is 5.61. The van der Waals surface area contributed by atoms with Crippen LogP contribution < -0.4 is 4.90 Å². The maximum Gasteiger partial charge on any atom is 0.0509 e. The van der Waals surface area contributed by atoms with Crippen LogP contribution in [0.2, 0.25) is 0 Å². The van der Waals surface area contributed by atoms with Gasteiger partial charge in [0.25, 0.3) is 0 Å². The molecule has 0 amide bonds. The molecule has 0 unspecified atom stereocenters. The summed E-state index contributed by atoms with van der Waals surface area (Å²) >= 11 is 5.95. The van der Waals surface area contributed by atoms with Crippen LogP contribution in [0, 0.1) is 6.92 Å². The lowest BCUT2D eigenvalue weighted by atomic mass is 10.2. The largest absolute Gasteiger partial charge is 0.371 e. The molecule has 0 N–H and O–H groups in total. The minimum absolute atomic E-state index is 0.533. The minimum atomic E-state index is 0.533. The van der Waals surface area contributed by atoms with Crippen molar-refractivity contribution >= 4 is 17.3 Å². The molecule has 0 aliphatic rings. The van der Waals surface area contributed by atoms with Crippen LogP contribution in [0.15, 0.2) is 12.3 Å². The summed E-state index contributed by atoms with van der Waals surface area (Å²) in [5.74, 6) is 0.533. The van der Waals surface area contributed by atoms with Crippen molar-refractivity contribution in [1.29, 1.82) is 0 Å². The van der Waals surface area contributed by atoms with E-state index in [-0.39, 0.29) is 0 Å². The van der Waals surface area contributed by atoms with E-state index in [1.807, 2.05) is 13.1 Å². The highest BCUT2D eigenvalue weighted by molar-refractivity contribution is 6.17. The van der Waals surface area contributed by atoms with Crippen molar-refractivity contribution < 1.29 is 0 Å². The van der Waals surface area contributed by atoms with E-state index in [1.165, 1.54) is 18.5 Å².